The second-order valence-corrected chi connectivity index (χ2v) is 3.19. The molecule has 88 valence electrons. The molecule has 0 bridgehead atoms. The Balaban J connectivity index is 2.14. The maximum absolute atomic E-state index is 12.3. The van der Waals surface area contributed by atoms with Crippen LogP contribution in [0.1, 0.15) is 5.56 Å². The van der Waals surface area contributed by atoms with Gasteiger partial charge in [-0.3, -0.25) is 0 Å². The fourth-order valence-corrected chi connectivity index (χ4v) is 1.17. The molecule has 0 saturated heterocycles. The van der Waals surface area contributed by atoms with Gasteiger partial charge in [-0.15, -0.1) is 5.10 Å². The second-order valence-electron chi connectivity index (χ2n) is 3.19. The van der Waals surface area contributed by atoms with E-state index in [0.29, 0.717) is 0 Å². The molecule has 0 aliphatic carbocycles. The molecule has 17 heavy (non-hydrogen) atoms. The third-order valence-electron chi connectivity index (χ3n) is 1.95. The molecule has 0 aliphatic rings. The normalized spacial score (nSPS) is 11.2. The van der Waals surface area contributed by atoms with Crippen molar-refractivity contribution in [3.8, 4) is 11.6 Å². The van der Waals surface area contributed by atoms with Gasteiger partial charge in [0.2, 0.25) is 5.88 Å². The molecule has 6 heteroatoms. The summed E-state index contributed by atoms with van der Waals surface area (Å²) >= 11 is 0. The van der Waals surface area contributed by atoms with Gasteiger partial charge in [-0.05, 0) is 30.3 Å². The second kappa shape index (κ2) is 4.40. The van der Waals surface area contributed by atoms with Crippen LogP contribution in [0.25, 0.3) is 0 Å². The Bertz CT molecular complexity index is 482. The van der Waals surface area contributed by atoms with Gasteiger partial charge in [-0.1, -0.05) is 0 Å². The molecule has 2 rings (SSSR count). The number of hydrogen-bond acceptors (Lipinski definition) is 3. The van der Waals surface area contributed by atoms with Crippen molar-refractivity contribution in [1.82, 2.24) is 10.2 Å². The Morgan fingerprint density at radius 1 is 1.00 bits per heavy atom. The summed E-state index contributed by atoms with van der Waals surface area (Å²) < 4.78 is 42.1. The Kier molecular flexibility index (Phi) is 2.95. The van der Waals surface area contributed by atoms with Crippen LogP contribution in [-0.4, -0.2) is 10.2 Å². The monoisotopic (exact) mass is 240 g/mol. The standard InChI is InChI=1S/C11H7F3N2O/c12-11(13,14)8-3-5-9(6-4-8)17-10-2-1-7-15-16-10/h1-7H. The first-order chi connectivity index (χ1) is 8.05. The first-order valence-corrected chi connectivity index (χ1v) is 4.68. The van der Waals surface area contributed by atoms with Gasteiger partial charge in [0.25, 0.3) is 0 Å². The summed E-state index contributed by atoms with van der Waals surface area (Å²) in [6.07, 6.45) is -2.87. The molecular formula is C11H7F3N2O. The molecule has 0 saturated carbocycles. The molecule has 0 fully saturated rings. The predicted octanol–water partition coefficient (Wildman–Crippen LogP) is 3.29. The van der Waals surface area contributed by atoms with Crippen LogP contribution in [0, 0.1) is 0 Å². The smallest absolute Gasteiger partial charge is 0.416 e. The van der Waals surface area contributed by atoms with E-state index in [-0.39, 0.29) is 11.6 Å². The van der Waals surface area contributed by atoms with Crippen molar-refractivity contribution in [3.05, 3.63) is 48.2 Å². The van der Waals surface area contributed by atoms with E-state index in [1.807, 2.05) is 0 Å². The molecule has 1 heterocycles. The third kappa shape index (κ3) is 2.93. The number of aromatic nitrogens is 2. The first-order valence-electron chi connectivity index (χ1n) is 4.68. The lowest BCUT2D eigenvalue weighted by Gasteiger charge is -2.07. The van der Waals surface area contributed by atoms with E-state index in [2.05, 4.69) is 10.2 Å². The maximum Gasteiger partial charge on any atom is 0.416 e. The minimum atomic E-state index is -4.34. The molecule has 1 aromatic heterocycles. The van der Waals surface area contributed by atoms with Crippen molar-refractivity contribution in [3.63, 3.8) is 0 Å². The molecule has 0 amide bonds. The summed E-state index contributed by atoms with van der Waals surface area (Å²) in [5.74, 6) is 0.505. The van der Waals surface area contributed by atoms with Gasteiger partial charge < -0.3 is 4.74 Å². The summed E-state index contributed by atoms with van der Waals surface area (Å²) in [6, 6.07) is 7.55. The average Bonchev–Trinajstić information content (AvgIpc) is 2.30. The molecular weight excluding hydrogens is 233 g/mol. The number of benzene rings is 1. The Hall–Kier alpha value is -2.11. The van der Waals surface area contributed by atoms with Gasteiger partial charge in [-0.2, -0.15) is 18.3 Å². The van der Waals surface area contributed by atoms with Gasteiger partial charge in [0.15, 0.2) is 0 Å². The molecule has 0 atom stereocenters. The number of nitrogens with zero attached hydrogens (tertiary/aromatic N) is 2. The van der Waals surface area contributed by atoms with Crippen LogP contribution in [0.4, 0.5) is 13.2 Å². The van der Waals surface area contributed by atoms with E-state index in [4.69, 9.17) is 4.74 Å². The fourth-order valence-electron chi connectivity index (χ4n) is 1.17. The van der Waals surface area contributed by atoms with Gasteiger partial charge >= 0.3 is 6.18 Å². The van der Waals surface area contributed by atoms with E-state index in [1.54, 1.807) is 12.1 Å². The predicted molar refractivity (Wildman–Crippen MR) is 53.6 cm³/mol. The van der Waals surface area contributed by atoms with Crippen LogP contribution in [0.15, 0.2) is 42.6 Å². The first kappa shape index (κ1) is 11.4. The largest absolute Gasteiger partial charge is 0.438 e. The van der Waals surface area contributed by atoms with Crippen molar-refractivity contribution in [2.75, 3.05) is 0 Å². The summed E-state index contributed by atoms with van der Waals surface area (Å²) in [5, 5.41) is 7.23. The molecule has 0 spiro atoms. The Labute approximate surface area is 94.9 Å². The molecule has 0 radical (unpaired) electrons. The van der Waals surface area contributed by atoms with Crippen LogP contribution in [-0.2, 0) is 6.18 Å². The molecule has 3 nitrogen and oxygen atoms in total. The van der Waals surface area contributed by atoms with E-state index in [1.165, 1.54) is 18.3 Å². The lowest BCUT2D eigenvalue weighted by molar-refractivity contribution is -0.137. The number of ether oxygens (including phenoxy) is 1. The van der Waals surface area contributed by atoms with Crippen LogP contribution in [0.2, 0.25) is 0 Å². The summed E-state index contributed by atoms with van der Waals surface area (Å²) in [7, 11) is 0. The lowest BCUT2D eigenvalue weighted by Crippen LogP contribution is -2.04. The molecule has 1 aromatic carbocycles. The molecule has 0 unspecified atom stereocenters. The van der Waals surface area contributed by atoms with Crippen LogP contribution in [0.5, 0.6) is 11.6 Å². The Morgan fingerprint density at radius 3 is 2.24 bits per heavy atom. The van der Waals surface area contributed by atoms with Gasteiger partial charge in [-0.25, -0.2) is 0 Å². The summed E-state index contributed by atoms with van der Waals surface area (Å²) in [6.45, 7) is 0. The lowest BCUT2D eigenvalue weighted by atomic mass is 10.2. The fraction of sp³-hybridized carbons (Fsp3) is 0.0909. The van der Waals surface area contributed by atoms with Gasteiger partial charge in [0.1, 0.15) is 5.75 Å². The van der Waals surface area contributed by atoms with Crippen molar-refractivity contribution in [2.45, 2.75) is 6.18 Å². The van der Waals surface area contributed by atoms with Crippen LogP contribution >= 0.6 is 0 Å². The highest BCUT2D eigenvalue weighted by atomic mass is 19.4. The number of rotatable bonds is 2. The van der Waals surface area contributed by atoms with Crippen LogP contribution in [0.3, 0.4) is 0 Å². The highest BCUT2D eigenvalue weighted by Crippen LogP contribution is 2.30. The number of halogens is 3. The molecule has 0 aliphatic heterocycles. The van der Waals surface area contributed by atoms with Crippen molar-refractivity contribution in [1.29, 1.82) is 0 Å². The number of hydrogen-bond donors (Lipinski definition) is 0. The highest BCUT2D eigenvalue weighted by molar-refractivity contribution is 5.31. The van der Waals surface area contributed by atoms with E-state index < -0.39 is 11.7 Å². The van der Waals surface area contributed by atoms with E-state index in [9.17, 15) is 13.2 Å². The molecule has 2 aromatic rings. The van der Waals surface area contributed by atoms with E-state index >= 15 is 0 Å². The van der Waals surface area contributed by atoms with Gasteiger partial charge in [0, 0.05) is 12.3 Å². The number of alkyl halides is 3. The van der Waals surface area contributed by atoms with Crippen LogP contribution < -0.4 is 4.74 Å². The van der Waals surface area contributed by atoms with Crippen molar-refractivity contribution < 1.29 is 17.9 Å². The summed E-state index contributed by atoms with van der Waals surface area (Å²) in [5.41, 5.74) is -0.719. The molecule has 0 N–H and O–H groups in total. The third-order valence-corrected chi connectivity index (χ3v) is 1.95. The highest BCUT2D eigenvalue weighted by Gasteiger charge is 2.30. The van der Waals surface area contributed by atoms with Crippen molar-refractivity contribution in [2.24, 2.45) is 0 Å². The SMILES string of the molecule is FC(F)(F)c1ccc(Oc2cccnn2)cc1. The summed E-state index contributed by atoms with van der Waals surface area (Å²) in [4.78, 5) is 0. The van der Waals surface area contributed by atoms with Crippen molar-refractivity contribution >= 4 is 0 Å². The van der Waals surface area contributed by atoms with E-state index in [0.717, 1.165) is 12.1 Å². The zero-order valence-corrected chi connectivity index (χ0v) is 8.48. The minimum Gasteiger partial charge on any atom is -0.438 e. The minimum absolute atomic E-state index is 0.229. The Morgan fingerprint density at radius 2 is 1.71 bits per heavy atom. The zero-order valence-electron chi connectivity index (χ0n) is 8.48. The topological polar surface area (TPSA) is 35.0 Å². The average molecular weight is 240 g/mol. The zero-order chi connectivity index (χ0) is 12.3. The quantitative estimate of drug-likeness (QED) is 0.807. The van der Waals surface area contributed by atoms with Gasteiger partial charge in [0.05, 0.1) is 5.56 Å². The maximum atomic E-state index is 12.3.